The minimum atomic E-state index is 0.647. The zero-order chi connectivity index (χ0) is 20.0. The Hall–Kier alpha value is -3.36. The molecule has 0 saturated carbocycles. The molecule has 0 atom stereocenters. The molecule has 0 amide bonds. The van der Waals surface area contributed by atoms with E-state index in [4.69, 9.17) is 4.98 Å². The summed E-state index contributed by atoms with van der Waals surface area (Å²) < 4.78 is 1.86. The van der Waals surface area contributed by atoms with Crippen molar-refractivity contribution in [3.05, 3.63) is 41.9 Å². The lowest BCUT2D eigenvalue weighted by atomic mass is 10.2. The molecule has 0 radical (unpaired) electrons. The number of nitrogens with zero attached hydrogens (tertiary/aromatic N) is 9. The van der Waals surface area contributed by atoms with E-state index in [1.807, 2.05) is 30.6 Å². The topological polar surface area (TPSA) is 88.2 Å². The number of hydrogen-bond donors (Lipinski definition) is 0. The molecule has 1 fully saturated rings. The third-order valence-corrected chi connectivity index (χ3v) is 5.56. The van der Waals surface area contributed by atoms with Crippen molar-refractivity contribution in [2.75, 3.05) is 36.0 Å². The minimum Gasteiger partial charge on any atom is -0.354 e. The molecule has 9 nitrogen and oxygen atoms in total. The highest BCUT2D eigenvalue weighted by molar-refractivity contribution is 5.88. The second kappa shape index (κ2) is 6.91. The molecule has 29 heavy (non-hydrogen) atoms. The number of pyridine rings is 1. The van der Waals surface area contributed by atoms with Crippen LogP contribution in [-0.4, -0.2) is 60.7 Å². The molecule has 4 aromatic heterocycles. The summed E-state index contributed by atoms with van der Waals surface area (Å²) in [5.41, 5.74) is 3.03. The fourth-order valence-electron chi connectivity index (χ4n) is 4.05. The molecule has 0 unspecified atom stereocenters. The molecule has 0 N–H and O–H groups in total. The highest BCUT2D eigenvalue weighted by Gasteiger charge is 2.23. The molecule has 5 heterocycles. The number of aromatic nitrogens is 7. The molecule has 0 bridgehead atoms. The van der Waals surface area contributed by atoms with Crippen LogP contribution < -0.4 is 9.80 Å². The molecule has 148 valence electrons. The Labute approximate surface area is 168 Å². The molecule has 1 saturated heterocycles. The zero-order valence-corrected chi connectivity index (χ0v) is 16.9. The lowest BCUT2D eigenvalue weighted by Crippen LogP contribution is -2.33. The van der Waals surface area contributed by atoms with Crippen LogP contribution in [0.15, 0.2) is 24.8 Å². The monoisotopic (exact) mass is 389 g/mol. The number of hydrogen-bond acceptors (Lipinski definition) is 8. The molecule has 4 aromatic rings. The molecule has 0 aromatic carbocycles. The Morgan fingerprint density at radius 2 is 1.76 bits per heavy atom. The van der Waals surface area contributed by atoms with E-state index in [0.29, 0.717) is 5.78 Å². The minimum absolute atomic E-state index is 0.647. The van der Waals surface area contributed by atoms with Crippen molar-refractivity contribution in [1.82, 2.24) is 34.5 Å². The molecule has 1 aliphatic rings. The van der Waals surface area contributed by atoms with E-state index in [2.05, 4.69) is 41.8 Å². The first-order valence-electron chi connectivity index (χ1n) is 9.87. The fourth-order valence-corrected chi connectivity index (χ4v) is 4.05. The van der Waals surface area contributed by atoms with Gasteiger partial charge in [-0.2, -0.15) is 14.6 Å². The maximum atomic E-state index is 4.77. The van der Waals surface area contributed by atoms with Gasteiger partial charge in [0, 0.05) is 49.0 Å². The summed E-state index contributed by atoms with van der Waals surface area (Å²) in [6, 6.07) is 2.00. The van der Waals surface area contributed by atoms with Gasteiger partial charge in [0.2, 0.25) is 0 Å². The Bertz CT molecular complexity index is 1200. The largest absolute Gasteiger partial charge is 0.354 e. The summed E-state index contributed by atoms with van der Waals surface area (Å²) in [6.07, 6.45) is 6.20. The summed E-state index contributed by atoms with van der Waals surface area (Å²) in [4.78, 5) is 27.1. The highest BCUT2D eigenvalue weighted by atomic mass is 15.4. The summed E-state index contributed by atoms with van der Waals surface area (Å²) >= 11 is 0. The normalized spacial score (nSPS) is 15.3. The molecule has 9 heteroatoms. The number of aryl methyl sites for hydroxylation is 2. The zero-order valence-electron chi connectivity index (χ0n) is 16.9. The highest BCUT2D eigenvalue weighted by Crippen LogP contribution is 2.27. The average molecular weight is 389 g/mol. The van der Waals surface area contributed by atoms with Gasteiger partial charge in [0.05, 0.1) is 11.7 Å². The SMILES string of the molecule is Cc1nc(N2CCCN(c3c(C)c(C)nc4ncnn34)CC2)c2ccncc2n1. The van der Waals surface area contributed by atoms with Crippen LogP contribution in [-0.2, 0) is 0 Å². The van der Waals surface area contributed by atoms with E-state index in [9.17, 15) is 0 Å². The first kappa shape index (κ1) is 17.7. The van der Waals surface area contributed by atoms with Gasteiger partial charge in [0.15, 0.2) is 0 Å². The van der Waals surface area contributed by atoms with Crippen molar-refractivity contribution < 1.29 is 0 Å². The number of rotatable bonds is 2. The van der Waals surface area contributed by atoms with Gasteiger partial charge in [0.25, 0.3) is 5.78 Å². The molecular formula is C20H23N9. The number of fused-ring (bicyclic) bond motifs is 2. The van der Waals surface area contributed by atoms with Gasteiger partial charge >= 0.3 is 0 Å². The molecule has 1 aliphatic heterocycles. The summed E-state index contributed by atoms with van der Waals surface area (Å²) in [5, 5.41) is 5.47. The Morgan fingerprint density at radius 3 is 2.66 bits per heavy atom. The van der Waals surface area contributed by atoms with Crippen molar-refractivity contribution in [2.24, 2.45) is 0 Å². The first-order chi connectivity index (χ1) is 14.1. The van der Waals surface area contributed by atoms with Crippen molar-refractivity contribution in [1.29, 1.82) is 0 Å². The Morgan fingerprint density at radius 1 is 0.931 bits per heavy atom. The lowest BCUT2D eigenvalue weighted by molar-refractivity contribution is 0.761. The maximum Gasteiger partial charge on any atom is 0.254 e. The number of anilines is 2. The Kier molecular flexibility index (Phi) is 4.22. The van der Waals surface area contributed by atoms with Gasteiger partial charge < -0.3 is 9.80 Å². The van der Waals surface area contributed by atoms with E-state index in [0.717, 1.165) is 72.2 Å². The average Bonchev–Trinajstić information content (AvgIpc) is 3.03. The van der Waals surface area contributed by atoms with Crippen molar-refractivity contribution in [3.8, 4) is 0 Å². The van der Waals surface area contributed by atoms with E-state index in [1.54, 1.807) is 12.5 Å². The smallest absolute Gasteiger partial charge is 0.254 e. The van der Waals surface area contributed by atoms with Gasteiger partial charge in [-0.25, -0.2) is 15.0 Å². The van der Waals surface area contributed by atoms with Gasteiger partial charge in [-0.05, 0) is 33.3 Å². The van der Waals surface area contributed by atoms with Crippen molar-refractivity contribution in [3.63, 3.8) is 0 Å². The van der Waals surface area contributed by atoms with Crippen molar-refractivity contribution >= 4 is 28.3 Å². The molecule has 5 rings (SSSR count). The van der Waals surface area contributed by atoms with E-state index < -0.39 is 0 Å². The lowest BCUT2D eigenvalue weighted by Gasteiger charge is -2.26. The predicted molar refractivity (Wildman–Crippen MR) is 111 cm³/mol. The third kappa shape index (κ3) is 3.02. The van der Waals surface area contributed by atoms with Gasteiger partial charge in [-0.3, -0.25) is 4.98 Å². The van der Waals surface area contributed by atoms with Crippen LogP contribution >= 0.6 is 0 Å². The van der Waals surface area contributed by atoms with E-state index in [1.165, 1.54) is 0 Å². The van der Waals surface area contributed by atoms with Crippen LogP contribution in [0.1, 0.15) is 23.5 Å². The van der Waals surface area contributed by atoms with Crippen LogP contribution in [0.5, 0.6) is 0 Å². The van der Waals surface area contributed by atoms with Gasteiger partial charge in [-0.15, -0.1) is 0 Å². The fraction of sp³-hybridized carbons (Fsp3) is 0.400. The predicted octanol–water partition coefficient (Wildman–Crippen LogP) is 2.10. The van der Waals surface area contributed by atoms with E-state index in [-0.39, 0.29) is 0 Å². The summed E-state index contributed by atoms with van der Waals surface area (Å²) in [7, 11) is 0. The second-order valence-corrected chi connectivity index (χ2v) is 7.43. The maximum absolute atomic E-state index is 4.77. The second-order valence-electron chi connectivity index (χ2n) is 7.43. The quantitative estimate of drug-likeness (QED) is 0.515. The summed E-state index contributed by atoms with van der Waals surface area (Å²) in [5.74, 6) is 3.49. The molecule has 0 aliphatic carbocycles. The van der Waals surface area contributed by atoms with E-state index >= 15 is 0 Å². The van der Waals surface area contributed by atoms with Crippen LogP contribution in [0.2, 0.25) is 0 Å². The summed E-state index contributed by atoms with van der Waals surface area (Å²) in [6.45, 7) is 9.69. The van der Waals surface area contributed by atoms with Gasteiger partial charge in [-0.1, -0.05) is 0 Å². The van der Waals surface area contributed by atoms with Crippen LogP contribution in [0, 0.1) is 20.8 Å². The van der Waals surface area contributed by atoms with Gasteiger partial charge in [0.1, 0.15) is 23.8 Å². The Balaban J connectivity index is 1.50. The molecule has 0 spiro atoms. The third-order valence-electron chi connectivity index (χ3n) is 5.56. The molecular weight excluding hydrogens is 366 g/mol. The van der Waals surface area contributed by atoms with Crippen LogP contribution in [0.3, 0.4) is 0 Å². The van der Waals surface area contributed by atoms with Crippen molar-refractivity contribution in [2.45, 2.75) is 27.2 Å². The van der Waals surface area contributed by atoms with Crippen LogP contribution in [0.4, 0.5) is 11.6 Å². The van der Waals surface area contributed by atoms with Crippen LogP contribution in [0.25, 0.3) is 16.7 Å². The first-order valence-corrected chi connectivity index (χ1v) is 9.87. The standard InChI is InChI=1S/C20H23N9/c1-13-14(2)24-20-22-12-23-29(20)19(13)28-8-4-7-27(9-10-28)18-16-5-6-21-11-17(16)25-15(3)26-18/h5-6,11-12H,4,7-10H2,1-3H3.